The van der Waals surface area contributed by atoms with Crippen LogP contribution in [0.1, 0.15) is 17.5 Å². The maximum atomic E-state index is 12.1. The van der Waals surface area contributed by atoms with Crippen LogP contribution in [0.2, 0.25) is 0 Å². The topological polar surface area (TPSA) is 41.6 Å². The molecule has 0 radical (unpaired) electrons. The highest BCUT2D eigenvalue weighted by atomic mass is 16.5. The van der Waals surface area contributed by atoms with Crippen LogP contribution in [0.15, 0.2) is 54.6 Å². The molecule has 1 N–H and O–H groups in total. The first-order valence-electron chi connectivity index (χ1n) is 8.42. The van der Waals surface area contributed by atoms with Gasteiger partial charge in [-0.15, -0.1) is 0 Å². The van der Waals surface area contributed by atoms with Crippen LogP contribution in [0.25, 0.3) is 0 Å². The van der Waals surface area contributed by atoms with Gasteiger partial charge in [-0.05, 0) is 43.3 Å². The molecule has 1 amide bonds. The molecule has 126 valence electrons. The molecule has 1 unspecified atom stereocenters. The summed E-state index contributed by atoms with van der Waals surface area (Å²) in [6.07, 6.45) is 0.953. The third-order valence-corrected chi connectivity index (χ3v) is 4.40. The van der Waals surface area contributed by atoms with Crippen molar-refractivity contribution in [3.63, 3.8) is 0 Å². The van der Waals surface area contributed by atoms with Crippen molar-refractivity contribution in [2.75, 3.05) is 20.1 Å². The lowest BCUT2D eigenvalue weighted by atomic mass is 10.1. The van der Waals surface area contributed by atoms with Gasteiger partial charge >= 0.3 is 0 Å². The number of rotatable bonds is 6. The van der Waals surface area contributed by atoms with E-state index in [1.165, 1.54) is 0 Å². The molecule has 2 aromatic rings. The Morgan fingerprint density at radius 2 is 1.88 bits per heavy atom. The van der Waals surface area contributed by atoms with Crippen LogP contribution in [-0.4, -0.2) is 30.9 Å². The number of amides is 1. The van der Waals surface area contributed by atoms with Gasteiger partial charge < -0.3 is 15.0 Å². The highest BCUT2D eigenvalue weighted by Gasteiger charge is 2.25. The fraction of sp³-hybridized carbons (Fsp3) is 0.350. The molecule has 24 heavy (non-hydrogen) atoms. The summed E-state index contributed by atoms with van der Waals surface area (Å²) in [5.74, 6) is 1.12. The molecule has 0 aliphatic carbocycles. The summed E-state index contributed by atoms with van der Waals surface area (Å²) in [6.45, 7) is 2.99. The van der Waals surface area contributed by atoms with E-state index in [2.05, 4.69) is 17.3 Å². The Bertz CT molecular complexity index is 655. The minimum absolute atomic E-state index is 0.128. The molecule has 1 saturated heterocycles. The molecule has 0 saturated carbocycles. The van der Waals surface area contributed by atoms with Crippen LogP contribution in [0.5, 0.6) is 5.75 Å². The molecular weight excluding hydrogens is 300 g/mol. The van der Waals surface area contributed by atoms with Gasteiger partial charge in [0.1, 0.15) is 12.4 Å². The molecule has 1 fully saturated rings. The Kier molecular flexibility index (Phi) is 5.49. The standard InChI is InChI=1S/C20H24N2O2/c1-22-12-11-18(14-22)20(23)21-13-16-7-9-19(10-8-16)24-15-17-5-3-2-4-6-17/h2-10,18H,11-15H2,1H3,(H,21,23). The first kappa shape index (κ1) is 16.5. The van der Waals surface area contributed by atoms with Crippen molar-refractivity contribution in [1.29, 1.82) is 0 Å². The molecule has 2 aromatic carbocycles. The van der Waals surface area contributed by atoms with E-state index in [4.69, 9.17) is 4.74 Å². The molecular formula is C20H24N2O2. The lowest BCUT2D eigenvalue weighted by Crippen LogP contribution is -2.31. The largest absolute Gasteiger partial charge is 0.489 e. The van der Waals surface area contributed by atoms with Gasteiger partial charge in [-0.1, -0.05) is 42.5 Å². The van der Waals surface area contributed by atoms with E-state index in [0.29, 0.717) is 13.2 Å². The number of hydrogen-bond acceptors (Lipinski definition) is 3. The van der Waals surface area contributed by atoms with Gasteiger partial charge in [0, 0.05) is 13.1 Å². The number of nitrogens with one attached hydrogen (secondary N) is 1. The van der Waals surface area contributed by atoms with Gasteiger partial charge in [-0.2, -0.15) is 0 Å². The predicted molar refractivity (Wildman–Crippen MR) is 94.7 cm³/mol. The van der Waals surface area contributed by atoms with Crippen molar-refractivity contribution < 1.29 is 9.53 Å². The summed E-state index contributed by atoms with van der Waals surface area (Å²) in [5, 5.41) is 3.03. The normalized spacial score (nSPS) is 17.6. The third kappa shape index (κ3) is 4.59. The number of hydrogen-bond donors (Lipinski definition) is 1. The third-order valence-electron chi connectivity index (χ3n) is 4.40. The smallest absolute Gasteiger partial charge is 0.224 e. The van der Waals surface area contributed by atoms with Crippen molar-refractivity contribution in [3.8, 4) is 5.75 Å². The van der Waals surface area contributed by atoms with Crippen LogP contribution < -0.4 is 10.1 Å². The lowest BCUT2D eigenvalue weighted by Gasteiger charge is -2.12. The van der Waals surface area contributed by atoms with Crippen molar-refractivity contribution in [2.24, 2.45) is 5.92 Å². The van der Waals surface area contributed by atoms with E-state index in [9.17, 15) is 4.79 Å². The van der Waals surface area contributed by atoms with Crippen LogP contribution in [0.4, 0.5) is 0 Å². The minimum atomic E-state index is 0.128. The molecule has 0 spiro atoms. The minimum Gasteiger partial charge on any atom is -0.489 e. The number of carbonyl (C=O) groups excluding carboxylic acids is 1. The van der Waals surface area contributed by atoms with E-state index >= 15 is 0 Å². The molecule has 1 heterocycles. The van der Waals surface area contributed by atoms with Crippen molar-refractivity contribution in [2.45, 2.75) is 19.6 Å². The molecule has 1 aliphatic rings. The van der Waals surface area contributed by atoms with Gasteiger partial charge in [0.2, 0.25) is 5.91 Å². The second-order valence-electron chi connectivity index (χ2n) is 6.38. The summed E-state index contributed by atoms with van der Waals surface area (Å²) in [6, 6.07) is 18.0. The Hall–Kier alpha value is -2.33. The average Bonchev–Trinajstić information content (AvgIpc) is 3.06. The highest BCUT2D eigenvalue weighted by Crippen LogP contribution is 2.16. The fourth-order valence-electron chi connectivity index (χ4n) is 2.93. The Morgan fingerprint density at radius 3 is 2.54 bits per heavy atom. The maximum absolute atomic E-state index is 12.1. The van der Waals surface area contributed by atoms with Gasteiger partial charge in [0.15, 0.2) is 0 Å². The second kappa shape index (κ2) is 7.97. The predicted octanol–water partition coefficient (Wildman–Crippen LogP) is 2.83. The summed E-state index contributed by atoms with van der Waals surface area (Å²) < 4.78 is 5.77. The van der Waals surface area contributed by atoms with Crippen LogP contribution in [0, 0.1) is 5.92 Å². The Morgan fingerprint density at radius 1 is 1.12 bits per heavy atom. The van der Waals surface area contributed by atoms with Crippen molar-refractivity contribution in [3.05, 3.63) is 65.7 Å². The van der Waals surface area contributed by atoms with Crippen molar-refractivity contribution >= 4 is 5.91 Å². The van der Waals surface area contributed by atoms with Gasteiger partial charge in [0.25, 0.3) is 0 Å². The van der Waals surface area contributed by atoms with E-state index in [1.54, 1.807) is 0 Å². The first-order valence-corrected chi connectivity index (χ1v) is 8.42. The first-order chi connectivity index (χ1) is 11.7. The van der Waals surface area contributed by atoms with E-state index in [0.717, 1.165) is 36.4 Å². The molecule has 1 aliphatic heterocycles. The summed E-state index contributed by atoms with van der Waals surface area (Å²) >= 11 is 0. The second-order valence-corrected chi connectivity index (χ2v) is 6.38. The molecule has 1 atom stereocenters. The molecule has 3 rings (SSSR count). The number of ether oxygens (including phenoxy) is 1. The molecule has 4 nitrogen and oxygen atoms in total. The van der Waals surface area contributed by atoms with Crippen molar-refractivity contribution in [1.82, 2.24) is 10.2 Å². The maximum Gasteiger partial charge on any atom is 0.224 e. The SMILES string of the molecule is CN1CCC(C(=O)NCc2ccc(OCc3ccccc3)cc2)C1. The Labute approximate surface area is 143 Å². The highest BCUT2D eigenvalue weighted by molar-refractivity contribution is 5.79. The zero-order valence-electron chi connectivity index (χ0n) is 14.1. The molecule has 4 heteroatoms. The fourth-order valence-corrected chi connectivity index (χ4v) is 2.93. The summed E-state index contributed by atoms with van der Waals surface area (Å²) in [4.78, 5) is 14.3. The van der Waals surface area contributed by atoms with Gasteiger partial charge in [-0.3, -0.25) is 4.79 Å². The summed E-state index contributed by atoms with van der Waals surface area (Å²) in [7, 11) is 2.06. The van der Waals surface area contributed by atoms with Gasteiger partial charge in [-0.25, -0.2) is 0 Å². The number of benzene rings is 2. The summed E-state index contributed by atoms with van der Waals surface area (Å²) in [5.41, 5.74) is 2.23. The van der Waals surface area contributed by atoms with E-state index in [-0.39, 0.29) is 11.8 Å². The Balaban J connectivity index is 1.45. The number of likely N-dealkylation sites (tertiary alicyclic amines) is 1. The van der Waals surface area contributed by atoms with E-state index in [1.807, 2.05) is 54.6 Å². The molecule has 0 bridgehead atoms. The van der Waals surface area contributed by atoms with Crippen LogP contribution in [-0.2, 0) is 17.9 Å². The number of carbonyl (C=O) groups is 1. The van der Waals surface area contributed by atoms with E-state index < -0.39 is 0 Å². The zero-order valence-corrected chi connectivity index (χ0v) is 14.1. The zero-order chi connectivity index (χ0) is 16.8. The average molecular weight is 324 g/mol. The quantitative estimate of drug-likeness (QED) is 0.888. The lowest BCUT2D eigenvalue weighted by molar-refractivity contribution is -0.124. The monoisotopic (exact) mass is 324 g/mol. The van der Waals surface area contributed by atoms with Crippen LogP contribution in [0.3, 0.4) is 0 Å². The van der Waals surface area contributed by atoms with Gasteiger partial charge in [0.05, 0.1) is 5.92 Å². The molecule has 0 aromatic heterocycles. The van der Waals surface area contributed by atoms with Crippen LogP contribution >= 0.6 is 0 Å². The number of nitrogens with zero attached hydrogens (tertiary/aromatic N) is 1.